The summed E-state index contributed by atoms with van der Waals surface area (Å²) in [7, 11) is 1.80. The van der Waals surface area contributed by atoms with Crippen molar-refractivity contribution < 1.29 is 9.21 Å². The minimum absolute atomic E-state index is 0.0587. The van der Waals surface area contributed by atoms with Gasteiger partial charge in [-0.25, -0.2) is 0 Å². The Morgan fingerprint density at radius 1 is 1.71 bits per heavy atom. The van der Waals surface area contributed by atoms with Crippen LogP contribution in [0.1, 0.15) is 17.5 Å². The lowest BCUT2D eigenvalue weighted by atomic mass is 10.3. The second-order valence-corrected chi connectivity index (χ2v) is 4.11. The monoisotopic (exact) mass is 213 g/mol. The van der Waals surface area contributed by atoms with Crippen molar-refractivity contribution in [2.24, 2.45) is 0 Å². The van der Waals surface area contributed by atoms with Crippen LogP contribution in [0.15, 0.2) is 22.8 Å². The van der Waals surface area contributed by atoms with Gasteiger partial charge in [-0.15, -0.1) is 0 Å². The number of carbonyl (C=O) groups excluding carboxylic acids is 1. The summed E-state index contributed by atoms with van der Waals surface area (Å²) in [6.45, 7) is 2.03. The molecule has 0 bridgehead atoms. The van der Waals surface area contributed by atoms with E-state index in [2.05, 4.69) is 0 Å². The van der Waals surface area contributed by atoms with Crippen LogP contribution in [-0.4, -0.2) is 35.9 Å². The van der Waals surface area contributed by atoms with E-state index < -0.39 is 0 Å². The van der Waals surface area contributed by atoms with Gasteiger partial charge in [0.25, 0.3) is 5.91 Å². The lowest BCUT2D eigenvalue weighted by Crippen LogP contribution is -2.36. The first-order chi connectivity index (χ1) is 6.66. The van der Waals surface area contributed by atoms with Crippen LogP contribution in [0.4, 0.5) is 0 Å². The molecule has 1 rings (SSSR count). The molecule has 1 amide bonds. The summed E-state index contributed by atoms with van der Waals surface area (Å²) in [5.74, 6) is 1.28. The Hall–Kier alpha value is -0.900. The van der Waals surface area contributed by atoms with Crippen LogP contribution in [0.5, 0.6) is 0 Å². The lowest BCUT2D eigenvalue weighted by Gasteiger charge is -2.23. The zero-order valence-corrected chi connectivity index (χ0v) is 9.50. The molecule has 1 aromatic heterocycles. The molecule has 1 unspecified atom stereocenters. The zero-order chi connectivity index (χ0) is 10.6. The number of hydrogen-bond donors (Lipinski definition) is 0. The molecule has 0 spiro atoms. The Morgan fingerprint density at radius 3 is 2.93 bits per heavy atom. The molecule has 4 heteroatoms. The lowest BCUT2D eigenvalue weighted by molar-refractivity contribution is 0.0725. The third kappa shape index (κ3) is 2.54. The van der Waals surface area contributed by atoms with Gasteiger partial charge in [-0.1, -0.05) is 0 Å². The Kier molecular flexibility index (Phi) is 4.07. The maximum absolute atomic E-state index is 11.7. The molecule has 14 heavy (non-hydrogen) atoms. The predicted molar refractivity (Wildman–Crippen MR) is 58.6 cm³/mol. The molecule has 3 nitrogen and oxygen atoms in total. The molecule has 0 N–H and O–H groups in total. The van der Waals surface area contributed by atoms with Gasteiger partial charge in [0.05, 0.1) is 6.26 Å². The fourth-order valence-electron chi connectivity index (χ4n) is 1.13. The summed E-state index contributed by atoms with van der Waals surface area (Å²) in [4.78, 5) is 13.4. The van der Waals surface area contributed by atoms with Crippen molar-refractivity contribution >= 4 is 17.7 Å². The van der Waals surface area contributed by atoms with Gasteiger partial charge in [0.15, 0.2) is 5.76 Å². The summed E-state index contributed by atoms with van der Waals surface area (Å²) in [6.07, 6.45) is 3.54. The molecule has 1 atom stereocenters. The van der Waals surface area contributed by atoms with Gasteiger partial charge in [-0.3, -0.25) is 4.79 Å². The number of amides is 1. The fourth-order valence-corrected chi connectivity index (χ4v) is 1.83. The van der Waals surface area contributed by atoms with Crippen molar-refractivity contribution in [1.29, 1.82) is 0 Å². The van der Waals surface area contributed by atoms with Gasteiger partial charge in [-0.05, 0) is 25.3 Å². The maximum Gasteiger partial charge on any atom is 0.289 e. The van der Waals surface area contributed by atoms with Crippen LogP contribution in [0.25, 0.3) is 0 Å². The molecule has 0 aliphatic heterocycles. The molecule has 0 saturated carbocycles. The standard InChI is InChI=1S/C10H15NO2S/c1-8(7-14-3)11(2)10(12)9-5-4-6-13-9/h4-6,8H,7H2,1-3H3. The van der Waals surface area contributed by atoms with E-state index in [1.807, 2.05) is 13.2 Å². The minimum Gasteiger partial charge on any atom is -0.459 e. The van der Waals surface area contributed by atoms with Gasteiger partial charge >= 0.3 is 0 Å². The average molecular weight is 213 g/mol. The average Bonchev–Trinajstić information content (AvgIpc) is 2.68. The third-order valence-corrected chi connectivity index (χ3v) is 2.94. The zero-order valence-electron chi connectivity index (χ0n) is 8.69. The van der Waals surface area contributed by atoms with E-state index in [9.17, 15) is 4.79 Å². The summed E-state index contributed by atoms with van der Waals surface area (Å²) in [6, 6.07) is 3.63. The highest BCUT2D eigenvalue weighted by Gasteiger charge is 2.18. The van der Waals surface area contributed by atoms with Crippen molar-refractivity contribution in [2.75, 3.05) is 19.1 Å². The van der Waals surface area contributed by atoms with E-state index in [-0.39, 0.29) is 11.9 Å². The molecular formula is C10H15NO2S. The van der Waals surface area contributed by atoms with Crippen LogP contribution in [0.2, 0.25) is 0 Å². The Balaban J connectivity index is 2.61. The van der Waals surface area contributed by atoms with Crippen molar-refractivity contribution in [3.05, 3.63) is 24.2 Å². The number of furan rings is 1. The van der Waals surface area contributed by atoms with Gasteiger partial charge in [-0.2, -0.15) is 11.8 Å². The Bertz CT molecular complexity index is 284. The maximum atomic E-state index is 11.7. The summed E-state index contributed by atoms with van der Waals surface area (Å²) in [5.41, 5.74) is 0. The summed E-state index contributed by atoms with van der Waals surface area (Å²) >= 11 is 1.73. The highest BCUT2D eigenvalue weighted by molar-refractivity contribution is 7.98. The molecule has 0 aliphatic carbocycles. The van der Waals surface area contributed by atoms with E-state index in [1.54, 1.807) is 35.8 Å². The summed E-state index contributed by atoms with van der Waals surface area (Å²) < 4.78 is 5.05. The van der Waals surface area contributed by atoms with Gasteiger partial charge in [0, 0.05) is 18.8 Å². The highest BCUT2D eigenvalue weighted by atomic mass is 32.2. The number of nitrogens with zero attached hydrogens (tertiary/aromatic N) is 1. The molecule has 0 radical (unpaired) electrons. The summed E-state index contributed by atoms with van der Waals surface area (Å²) in [5, 5.41) is 0. The quantitative estimate of drug-likeness (QED) is 0.768. The van der Waals surface area contributed by atoms with Gasteiger partial charge < -0.3 is 9.32 Å². The minimum atomic E-state index is -0.0587. The molecule has 0 fully saturated rings. The number of hydrogen-bond acceptors (Lipinski definition) is 3. The Labute approximate surface area is 88.5 Å². The van der Waals surface area contributed by atoms with E-state index in [1.165, 1.54) is 6.26 Å². The second kappa shape index (κ2) is 5.10. The Morgan fingerprint density at radius 2 is 2.43 bits per heavy atom. The molecule has 78 valence electrons. The first kappa shape index (κ1) is 11.2. The van der Waals surface area contributed by atoms with Crippen LogP contribution in [0.3, 0.4) is 0 Å². The highest BCUT2D eigenvalue weighted by Crippen LogP contribution is 2.09. The fraction of sp³-hybridized carbons (Fsp3) is 0.500. The topological polar surface area (TPSA) is 33.5 Å². The molecule has 0 saturated heterocycles. The SMILES string of the molecule is CSCC(C)N(C)C(=O)c1ccco1. The van der Waals surface area contributed by atoms with E-state index in [0.717, 1.165) is 5.75 Å². The van der Waals surface area contributed by atoms with Crippen molar-refractivity contribution in [1.82, 2.24) is 4.90 Å². The largest absolute Gasteiger partial charge is 0.459 e. The third-order valence-electron chi connectivity index (χ3n) is 2.12. The van der Waals surface area contributed by atoms with E-state index in [0.29, 0.717) is 5.76 Å². The molecule has 1 heterocycles. The van der Waals surface area contributed by atoms with Crippen LogP contribution >= 0.6 is 11.8 Å². The van der Waals surface area contributed by atoms with Crippen LogP contribution in [-0.2, 0) is 0 Å². The molecule has 0 aromatic carbocycles. The van der Waals surface area contributed by atoms with Crippen LogP contribution < -0.4 is 0 Å². The number of rotatable bonds is 4. The first-order valence-corrected chi connectivity index (χ1v) is 5.85. The van der Waals surface area contributed by atoms with Crippen molar-refractivity contribution in [2.45, 2.75) is 13.0 Å². The van der Waals surface area contributed by atoms with Crippen molar-refractivity contribution in [3.63, 3.8) is 0 Å². The van der Waals surface area contributed by atoms with Crippen LogP contribution in [0, 0.1) is 0 Å². The molecule has 0 aliphatic rings. The smallest absolute Gasteiger partial charge is 0.289 e. The van der Waals surface area contributed by atoms with E-state index >= 15 is 0 Å². The molecular weight excluding hydrogens is 198 g/mol. The van der Waals surface area contributed by atoms with Gasteiger partial charge in [0.1, 0.15) is 0 Å². The number of thioether (sulfide) groups is 1. The predicted octanol–water partition coefficient (Wildman–Crippen LogP) is 2.10. The molecule has 1 aromatic rings. The van der Waals surface area contributed by atoms with Gasteiger partial charge in [0.2, 0.25) is 0 Å². The number of carbonyl (C=O) groups is 1. The second-order valence-electron chi connectivity index (χ2n) is 3.20. The van der Waals surface area contributed by atoms with Crippen molar-refractivity contribution in [3.8, 4) is 0 Å². The first-order valence-electron chi connectivity index (χ1n) is 4.46. The normalized spacial score (nSPS) is 12.5. The van der Waals surface area contributed by atoms with E-state index in [4.69, 9.17) is 4.42 Å².